The number of rotatable bonds is 5. The molecule has 5 heteroatoms. The molecule has 0 radical (unpaired) electrons. The van der Waals surface area contributed by atoms with Gasteiger partial charge in [-0.3, -0.25) is 4.79 Å². The highest BCUT2D eigenvalue weighted by atomic mass is 35.5. The highest BCUT2D eigenvalue weighted by Crippen LogP contribution is 2.06. The molecule has 1 rings (SSSR count). The van der Waals surface area contributed by atoms with Gasteiger partial charge in [-0.2, -0.15) is 0 Å². The van der Waals surface area contributed by atoms with Crippen LogP contribution in [-0.2, 0) is 0 Å². The molecule has 0 saturated carbocycles. The van der Waals surface area contributed by atoms with Gasteiger partial charge in [0, 0.05) is 11.9 Å². The van der Waals surface area contributed by atoms with Crippen LogP contribution in [0.4, 0.5) is 0 Å². The number of hydrogen-bond donors (Lipinski definition) is 1. The highest BCUT2D eigenvalue weighted by molar-refractivity contribution is 6.17. The Morgan fingerprint density at radius 3 is 3.00 bits per heavy atom. The molecule has 1 amide bonds. The molecule has 4 nitrogen and oxygen atoms in total. The van der Waals surface area contributed by atoms with Crippen LogP contribution in [0.2, 0.25) is 0 Å². The lowest BCUT2D eigenvalue weighted by molar-refractivity contribution is 0.0909. The molecule has 0 aliphatic heterocycles. The first-order valence-corrected chi connectivity index (χ1v) is 5.45. The van der Waals surface area contributed by atoms with Gasteiger partial charge < -0.3 is 9.73 Å². The number of nitrogens with zero attached hydrogens (tertiary/aromatic N) is 1. The van der Waals surface area contributed by atoms with E-state index < -0.39 is 0 Å². The Morgan fingerprint density at radius 1 is 1.73 bits per heavy atom. The van der Waals surface area contributed by atoms with Crippen molar-refractivity contribution >= 4 is 17.5 Å². The van der Waals surface area contributed by atoms with E-state index in [0.717, 1.165) is 12.8 Å². The van der Waals surface area contributed by atoms with Crippen molar-refractivity contribution in [3.63, 3.8) is 0 Å². The lowest BCUT2D eigenvalue weighted by Crippen LogP contribution is -2.32. The molecule has 0 fully saturated rings. The molecule has 1 atom stereocenters. The summed E-state index contributed by atoms with van der Waals surface area (Å²) in [6, 6.07) is 0.0979. The molecule has 0 aliphatic rings. The average molecular weight is 231 g/mol. The monoisotopic (exact) mass is 230 g/mol. The summed E-state index contributed by atoms with van der Waals surface area (Å²) in [7, 11) is 0. The van der Waals surface area contributed by atoms with Crippen molar-refractivity contribution in [2.75, 3.05) is 5.88 Å². The zero-order valence-corrected chi connectivity index (χ0v) is 9.67. The standard InChI is InChI=1S/C10H15ClN2O2/c1-7(4-3-5-11)13-10(14)9-8(2)12-6-15-9/h6-7H,3-5H2,1-2H3,(H,13,14). The third-order valence-electron chi connectivity index (χ3n) is 2.10. The number of nitrogens with one attached hydrogen (secondary N) is 1. The van der Waals surface area contributed by atoms with Crippen molar-refractivity contribution in [3.05, 3.63) is 17.8 Å². The van der Waals surface area contributed by atoms with Crippen LogP contribution in [0.15, 0.2) is 10.8 Å². The van der Waals surface area contributed by atoms with E-state index in [1.165, 1.54) is 6.39 Å². The molecule has 1 aromatic heterocycles. The first-order chi connectivity index (χ1) is 7.15. The van der Waals surface area contributed by atoms with E-state index >= 15 is 0 Å². The van der Waals surface area contributed by atoms with Crippen molar-refractivity contribution in [3.8, 4) is 0 Å². The van der Waals surface area contributed by atoms with E-state index in [9.17, 15) is 4.79 Å². The molecule has 1 unspecified atom stereocenters. The van der Waals surface area contributed by atoms with Crippen LogP contribution in [-0.4, -0.2) is 22.8 Å². The summed E-state index contributed by atoms with van der Waals surface area (Å²) in [4.78, 5) is 15.5. The van der Waals surface area contributed by atoms with Crippen molar-refractivity contribution in [1.82, 2.24) is 10.3 Å². The Bertz CT molecular complexity index is 325. The second-order valence-corrected chi connectivity index (χ2v) is 3.85. The predicted molar refractivity (Wildman–Crippen MR) is 58.1 cm³/mol. The molecular formula is C10H15ClN2O2. The smallest absolute Gasteiger partial charge is 0.289 e. The molecular weight excluding hydrogens is 216 g/mol. The average Bonchev–Trinajstić information content (AvgIpc) is 2.61. The van der Waals surface area contributed by atoms with E-state index in [1.807, 2.05) is 6.92 Å². The number of alkyl halides is 1. The third kappa shape index (κ3) is 3.55. The van der Waals surface area contributed by atoms with Gasteiger partial charge >= 0.3 is 0 Å². The molecule has 0 spiro atoms. The number of amides is 1. The highest BCUT2D eigenvalue weighted by Gasteiger charge is 2.15. The maximum atomic E-state index is 11.6. The molecule has 84 valence electrons. The van der Waals surface area contributed by atoms with Gasteiger partial charge in [0.2, 0.25) is 5.76 Å². The Labute approximate surface area is 94.0 Å². The number of halogens is 1. The molecule has 0 aliphatic carbocycles. The second kappa shape index (κ2) is 5.75. The van der Waals surface area contributed by atoms with E-state index in [1.54, 1.807) is 6.92 Å². The first kappa shape index (κ1) is 12.0. The first-order valence-electron chi connectivity index (χ1n) is 4.92. The molecule has 1 heterocycles. The number of aryl methyl sites for hydroxylation is 1. The number of carbonyl (C=O) groups excluding carboxylic acids is 1. The topological polar surface area (TPSA) is 55.1 Å². The predicted octanol–water partition coefficient (Wildman–Crippen LogP) is 2.12. The van der Waals surface area contributed by atoms with Crippen LogP contribution >= 0.6 is 11.6 Å². The van der Waals surface area contributed by atoms with Gasteiger partial charge in [0.15, 0.2) is 6.39 Å². The van der Waals surface area contributed by atoms with Gasteiger partial charge in [-0.15, -0.1) is 11.6 Å². The van der Waals surface area contributed by atoms with Crippen molar-refractivity contribution in [2.24, 2.45) is 0 Å². The largest absolute Gasteiger partial charge is 0.438 e. The minimum absolute atomic E-state index is 0.0979. The quantitative estimate of drug-likeness (QED) is 0.789. The second-order valence-electron chi connectivity index (χ2n) is 3.47. The summed E-state index contributed by atoms with van der Waals surface area (Å²) in [5.41, 5.74) is 0.608. The van der Waals surface area contributed by atoms with Crippen molar-refractivity contribution in [1.29, 1.82) is 0 Å². The van der Waals surface area contributed by atoms with E-state index in [2.05, 4.69) is 10.3 Å². The number of oxazole rings is 1. The number of aromatic nitrogens is 1. The molecule has 15 heavy (non-hydrogen) atoms. The zero-order valence-electron chi connectivity index (χ0n) is 8.92. The minimum atomic E-state index is -0.216. The molecule has 0 bridgehead atoms. The van der Waals surface area contributed by atoms with Crippen LogP contribution in [0.3, 0.4) is 0 Å². The fourth-order valence-corrected chi connectivity index (χ4v) is 1.42. The Morgan fingerprint density at radius 2 is 2.47 bits per heavy atom. The molecule has 0 saturated heterocycles. The Hall–Kier alpha value is -1.03. The summed E-state index contributed by atoms with van der Waals surface area (Å²) in [5.74, 6) is 0.682. The minimum Gasteiger partial charge on any atom is -0.438 e. The van der Waals surface area contributed by atoms with Crippen LogP contribution in [0.1, 0.15) is 36.0 Å². The van der Waals surface area contributed by atoms with E-state index in [4.69, 9.17) is 16.0 Å². The maximum Gasteiger partial charge on any atom is 0.289 e. The van der Waals surface area contributed by atoms with Crippen LogP contribution < -0.4 is 5.32 Å². The number of carbonyl (C=O) groups is 1. The fraction of sp³-hybridized carbons (Fsp3) is 0.600. The van der Waals surface area contributed by atoms with Crippen molar-refractivity contribution < 1.29 is 9.21 Å². The third-order valence-corrected chi connectivity index (χ3v) is 2.37. The van der Waals surface area contributed by atoms with Gasteiger partial charge in [-0.05, 0) is 26.7 Å². The Kier molecular flexibility index (Phi) is 4.62. The molecule has 1 N–H and O–H groups in total. The molecule has 0 aromatic carbocycles. The zero-order chi connectivity index (χ0) is 11.3. The Balaban J connectivity index is 2.46. The summed E-state index contributed by atoms with van der Waals surface area (Å²) < 4.78 is 4.98. The maximum absolute atomic E-state index is 11.6. The lowest BCUT2D eigenvalue weighted by Gasteiger charge is -2.11. The normalized spacial score (nSPS) is 12.5. The van der Waals surface area contributed by atoms with Gasteiger partial charge in [0.25, 0.3) is 5.91 Å². The van der Waals surface area contributed by atoms with Crippen LogP contribution in [0, 0.1) is 6.92 Å². The van der Waals surface area contributed by atoms with E-state index in [-0.39, 0.29) is 17.7 Å². The fourth-order valence-electron chi connectivity index (χ4n) is 1.26. The van der Waals surface area contributed by atoms with Crippen molar-refractivity contribution in [2.45, 2.75) is 32.7 Å². The summed E-state index contributed by atoms with van der Waals surface area (Å²) in [6.45, 7) is 3.68. The van der Waals surface area contributed by atoms with E-state index in [0.29, 0.717) is 11.6 Å². The molecule has 1 aromatic rings. The lowest BCUT2D eigenvalue weighted by atomic mass is 10.2. The van der Waals surface area contributed by atoms with Crippen LogP contribution in [0.5, 0.6) is 0 Å². The summed E-state index contributed by atoms with van der Waals surface area (Å²) in [6.07, 6.45) is 3.02. The van der Waals surface area contributed by atoms with Gasteiger partial charge in [0.1, 0.15) is 0 Å². The van der Waals surface area contributed by atoms with Gasteiger partial charge in [-0.25, -0.2) is 4.98 Å². The summed E-state index contributed by atoms with van der Waals surface area (Å²) >= 11 is 5.57. The van der Waals surface area contributed by atoms with Gasteiger partial charge in [-0.1, -0.05) is 0 Å². The van der Waals surface area contributed by atoms with Gasteiger partial charge in [0.05, 0.1) is 5.69 Å². The SMILES string of the molecule is Cc1ncoc1C(=O)NC(C)CCCCl. The number of hydrogen-bond acceptors (Lipinski definition) is 3. The van der Waals surface area contributed by atoms with Crippen LogP contribution in [0.25, 0.3) is 0 Å². The summed E-state index contributed by atoms with van der Waals surface area (Å²) in [5, 5.41) is 2.83.